The Morgan fingerprint density at radius 2 is 2.00 bits per heavy atom. The van der Waals surface area contributed by atoms with Crippen molar-refractivity contribution in [3.05, 3.63) is 0 Å². The second-order valence-electron chi connectivity index (χ2n) is 4.70. The zero-order chi connectivity index (χ0) is 11.4. The second-order valence-corrected chi connectivity index (χ2v) is 4.70. The fourth-order valence-corrected chi connectivity index (χ4v) is 2.34. The summed E-state index contributed by atoms with van der Waals surface area (Å²) >= 11 is 0. The van der Waals surface area contributed by atoms with Crippen LogP contribution in [0.3, 0.4) is 0 Å². The van der Waals surface area contributed by atoms with Crippen LogP contribution in [-0.4, -0.2) is 56.0 Å². The van der Waals surface area contributed by atoms with Crippen LogP contribution >= 0.6 is 0 Å². The van der Waals surface area contributed by atoms with Crippen molar-refractivity contribution < 1.29 is 4.79 Å². The highest BCUT2D eigenvalue weighted by Gasteiger charge is 2.30. The van der Waals surface area contributed by atoms with E-state index in [-0.39, 0.29) is 5.91 Å². The Morgan fingerprint density at radius 1 is 1.33 bits per heavy atom. The molecular formula is C11H23N3O. The molecule has 0 aliphatic heterocycles. The molecule has 1 fully saturated rings. The third kappa shape index (κ3) is 3.18. The summed E-state index contributed by atoms with van der Waals surface area (Å²) in [6.45, 7) is 1.25. The molecular weight excluding hydrogens is 190 g/mol. The van der Waals surface area contributed by atoms with E-state index in [1.807, 2.05) is 7.05 Å². The van der Waals surface area contributed by atoms with E-state index < -0.39 is 0 Å². The SMILES string of the molecule is CN(C)C(=O)CN(C)C1CCCC1CN. The summed E-state index contributed by atoms with van der Waals surface area (Å²) in [5, 5.41) is 0. The van der Waals surface area contributed by atoms with Crippen LogP contribution in [0.5, 0.6) is 0 Å². The highest BCUT2D eigenvalue weighted by Crippen LogP contribution is 2.28. The lowest BCUT2D eigenvalue weighted by molar-refractivity contribution is -0.130. The number of hydrogen-bond donors (Lipinski definition) is 1. The molecule has 1 aliphatic rings. The molecule has 88 valence electrons. The van der Waals surface area contributed by atoms with Crippen molar-refractivity contribution in [2.24, 2.45) is 11.7 Å². The molecule has 0 heterocycles. The molecule has 2 N–H and O–H groups in total. The number of hydrogen-bond acceptors (Lipinski definition) is 3. The summed E-state index contributed by atoms with van der Waals surface area (Å²) in [5.41, 5.74) is 5.73. The van der Waals surface area contributed by atoms with Gasteiger partial charge >= 0.3 is 0 Å². The molecule has 2 unspecified atom stereocenters. The van der Waals surface area contributed by atoms with E-state index in [2.05, 4.69) is 4.90 Å². The van der Waals surface area contributed by atoms with E-state index in [4.69, 9.17) is 5.73 Å². The molecule has 0 aromatic carbocycles. The van der Waals surface area contributed by atoms with E-state index in [9.17, 15) is 4.79 Å². The summed E-state index contributed by atoms with van der Waals surface area (Å²) in [5.74, 6) is 0.741. The Hall–Kier alpha value is -0.610. The lowest BCUT2D eigenvalue weighted by Gasteiger charge is -2.29. The van der Waals surface area contributed by atoms with Crippen LogP contribution in [0, 0.1) is 5.92 Å². The fraction of sp³-hybridized carbons (Fsp3) is 0.909. The molecule has 0 radical (unpaired) electrons. The summed E-state index contributed by atoms with van der Waals surface area (Å²) in [6, 6.07) is 0.499. The predicted molar refractivity (Wildman–Crippen MR) is 61.5 cm³/mol. The smallest absolute Gasteiger partial charge is 0.236 e. The van der Waals surface area contributed by atoms with Crippen LogP contribution < -0.4 is 5.73 Å². The third-order valence-corrected chi connectivity index (χ3v) is 3.37. The van der Waals surface area contributed by atoms with E-state index in [1.54, 1.807) is 19.0 Å². The zero-order valence-electron chi connectivity index (χ0n) is 10.1. The van der Waals surface area contributed by atoms with Gasteiger partial charge in [-0.25, -0.2) is 0 Å². The molecule has 0 aromatic heterocycles. The van der Waals surface area contributed by atoms with Gasteiger partial charge < -0.3 is 10.6 Å². The molecule has 4 heteroatoms. The van der Waals surface area contributed by atoms with Crippen molar-refractivity contribution in [1.82, 2.24) is 9.80 Å². The first-order valence-corrected chi connectivity index (χ1v) is 5.66. The van der Waals surface area contributed by atoms with Gasteiger partial charge in [-0.3, -0.25) is 9.69 Å². The van der Waals surface area contributed by atoms with Crippen LogP contribution in [-0.2, 0) is 4.79 Å². The van der Waals surface area contributed by atoms with Crippen molar-refractivity contribution in [2.45, 2.75) is 25.3 Å². The number of nitrogens with two attached hydrogens (primary N) is 1. The minimum Gasteiger partial charge on any atom is -0.348 e. The first kappa shape index (κ1) is 12.5. The van der Waals surface area contributed by atoms with Gasteiger partial charge in [-0.2, -0.15) is 0 Å². The Bertz CT molecular complexity index is 218. The molecule has 0 spiro atoms. The zero-order valence-corrected chi connectivity index (χ0v) is 10.1. The number of amides is 1. The molecule has 0 aromatic rings. The fourth-order valence-electron chi connectivity index (χ4n) is 2.34. The molecule has 1 aliphatic carbocycles. The van der Waals surface area contributed by atoms with Gasteiger partial charge in [0.2, 0.25) is 5.91 Å². The first-order chi connectivity index (χ1) is 7.06. The summed E-state index contributed by atoms with van der Waals surface area (Å²) in [6.07, 6.45) is 3.63. The first-order valence-electron chi connectivity index (χ1n) is 5.66. The van der Waals surface area contributed by atoms with Gasteiger partial charge in [0.15, 0.2) is 0 Å². The standard InChI is InChI=1S/C11H23N3O/c1-13(2)11(15)8-14(3)10-6-4-5-9(10)7-12/h9-10H,4-8,12H2,1-3H3. The average molecular weight is 213 g/mol. The van der Waals surface area contributed by atoms with Crippen LogP contribution in [0.4, 0.5) is 0 Å². The van der Waals surface area contributed by atoms with E-state index in [0.717, 1.165) is 6.54 Å². The molecule has 1 amide bonds. The number of carbonyl (C=O) groups excluding carboxylic acids is 1. The Labute approximate surface area is 92.4 Å². The summed E-state index contributed by atoms with van der Waals surface area (Å²) in [7, 11) is 5.62. The Morgan fingerprint density at radius 3 is 2.53 bits per heavy atom. The van der Waals surface area contributed by atoms with Crippen LogP contribution in [0.25, 0.3) is 0 Å². The van der Waals surface area contributed by atoms with Crippen LogP contribution in [0.2, 0.25) is 0 Å². The third-order valence-electron chi connectivity index (χ3n) is 3.37. The average Bonchev–Trinajstić information content (AvgIpc) is 2.64. The van der Waals surface area contributed by atoms with Crippen molar-refractivity contribution in [1.29, 1.82) is 0 Å². The lowest BCUT2D eigenvalue weighted by atomic mass is 10.0. The molecule has 1 saturated carbocycles. The maximum absolute atomic E-state index is 11.6. The van der Waals surface area contributed by atoms with Gasteiger partial charge in [0.1, 0.15) is 0 Å². The lowest BCUT2D eigenvalue weighted by Crippen LogP contribution is -2.43. The minimum atomic E-state index is 0.167. The van der Waals surface area contributed by atoms with Gasteiger partial charge in [0.05, 0.1) is 6.54 Å². The molecule has 1 rings (SSSR count). The van der Waals surface area contributed by atoms with E-state index in [1.165, 1.54) is 19.3 Å². The molecule has 15 heavy (non-hydrogen) atoms. The van der Waals surface area contributed by atoms with Gasteiger partial charge in [0, 0.05) is 20.1 Å². The van der Waals surface area contributed by atoms with Crippen molar-refractivity contribution in [3.8, 4) is 0 Å². The van der Waals surface area contributed by atoms with E-state index >= 15 is 0 Å². The summed E-state index contributed by atoms with van der Waals surface area (Å²) in [4.78, 5) is 15.4. The molecule has 0 bridgehead atoms. The number of likely N-dealkylation sites (N-methyl/N-ethyl adjacent to an activating group) is 2. The van der Waals surface area contributed by atoms with Crippen molar-refractivity contribution in [2.75, 3.05) is 34.2 Å². The van der Waals surface area contributed by atoms with E-state index in [0.29, 0.717) is 18.5 Å². The van der Waals surface area contributed by atoms with Crippen LogP contribution in [0.1, 0.15) is 19.3 Å². The number of rotatable bonds is 4. The normalized spacial score (nSPS) is 25.9. The molecule has 0 saturated heterocycles. The van der Waals surface area contributed by atoms with Gasteiger partial charge in [-0.05, 0) is 32.4 Å². The second kappa shape index (κ2) is 5.47. The Kier molecular flexibility index (Phi) is 4.54. The van der Waals surface area contributed by atoms with Crippen molar-refractivity contribution in [3.63, 3.8) is 0 Å². The summed E-state index contributed by atoms with van der Waals surface area (Å²) < 4.78 is 0. The maximum Gasteiger partial charge on any atom is 0.236 e. The number of nitrogens with zero attached hydrogens (tertiary/aromatic N) is 2. The highest BCUT2D eigenvalue weighted by molar-refractivity contribution is 5.77. The van der Waals surface area contributed by atoms with Gasteiger partial charge in [-0.1, -0.05) is 6.42 Å². The number of carbonyl (C=O) groups is 1. The molecule has 2 atom stereocenters. The largest absolute Gasteiger partial charge is 0.348 e. The molecule has 4 nitrogen and oxygen atoms in total. The van der Waals surface area contributed by atoms with Gasteiger partial charge in [-0.15, -0.1) is 0 Å². The van der Waals surface area contributed by atoms with Crippen LogP contribution in [0.15, 0.2) is 0 Å². The monoisotopic (exact) mass is 213 g/mol. The maximum atomic E-state index is 11.6. The van der Waals surface area contributed by atoms with Gasteiger partial charge in [0.25, 0.3) is 0 Å². The predicted octanol–water partition coefficient (Wildman–Crippen LogP) is 0.134. The quantitative estimate of drug-likeness (QED) is 0.722. The topological polar surface area (TPSA) is 49.6 Å². The Balaban J connectivity index is 2.45. The van der Waals surface area contributed by atoms with Crippen molar-refractivity contribution >= 4 is 5.91 Å². The minimum absolute atomic E-state index is 0.167. The highest BCUT2D eigenvalue weighted by atomic mass is 16.2.